The molecule has 0 radical (unpaired) electrons. The van der Waals surface area contributed by atoms with E-state index in [0.29, 0.717) is 4.47 Å². The summed E-state index contributed by atoms with van der Waals surface area (Å²) in [6, 6.07) is 0.166. The van der Waals surface area contributed by atoms with Crippen LogP contribution in [0.2, 0.25) is 4.47 Å². The molecular formula is C13H19ClN2O2S. The van der Waals surface area contributed by atoms with Gasteiger partial charge in [-0.25, -0.2) is 9.78 Å². The number of carbonyl (C=O) groups is 1. The number of hydrogen-bond donors (Lipinski definition) is 0. The zero-order valence-corrected chi connectivity index (χ0v) is 13.3. The minimum Gasteiger partial charge on any atom is -0.444 e. The standard InChI is InChI=1S/C13H19ClN2O2S/c1-13(2,3)18-12(17)16(4)8-5-6-9-10(7-8)19-11(14)15-9/h8H,5-7H2,1-4H3. The number of likely N-dealkylation sites (N-methyl/N-ethyl adjacent to an activating group) is 1. The summed E-state index contributed by atoms with van der Waals surface area (Å²) < 4.78 is 5.98. The number of halogens is 1. The van der Waals surface area contributed by atoms with Crippen molar-refractivity contribution in [3.05, 3.63) is 15.0 Å². The number of hydrogen-bond acceptors (Lipinski definition) is 4. The van der Waals surface area contributed by atoms with Gasteiger partial charge in [0, 0.05) is 24.4 Å². The second kappa shape index (κ2) is 5.29. The van der Waals surface area contributed by atoms with Crippen LogP contribution in [0.1, 0.15) is 37.8 Å². The summed E-state index contributed by atoms with van der Waals surface area (Å²) in [6.45, 7) is 5.63. The largest absolute Gasteiger partial charge is 0.444 e. The fraction of sp³-hybridized carbons (Fsp3) is 0.692. The van der Waals surface area contributed by atoms with Crippen LogP contribution in [0.4, 0.5) is 4.79 Å². The summed E-state index contributed by atoms with van der Waals surface area (Å²) >= 11 is 7.44. The highest BCUT2D eigenvalue weighted by Crippen LogP contribution is 2.31. The Morgan fingerprint density at radius 3 is 2.84 bits per heavy atom. The minimum absolute atomic E-state index is 0.166. The van der Waals surface area contributed by atoms with Crippen molar-refractivity contribution in [1.29, 1.82) is 0 Å². The van der Waals surface area contributed by atoms with Crippen molar-refractivity contribution in [2.24, 2.45) is 0 Å². The Kier molecular flexibility index (Phi) is 4.06. The third kappa shape index (κ3) is 3.60. The molecule has 0 saturated carbocycles. The normalized spacial score (nSPS) is 18.9. The average Bonchev–Trinajstić information content (AvgIpc) is 2.64. The average molecular weight is 303 g/mol. The zero-order chi connectivity index (χ0) is 14.2. The molecule has 2 rings (SSSR count). The van der Waals surface area contributed by atoms with Gasteiger partial charge in [0.1, 0.15) is 5.60 Å². The van der Waals surface area contributed by atoms with E-state index >= 15 is 0 Å². The van der Waals surface area contributed by atoms with Crippen molar-refractivity contribution in [3.63, 3.8) is 0 Å². The zero-order valence-electron chi connectivity index (χ0n) is 11.7. The summed E-state index contributed by atoms with van der Waals surface area (Å²) in [5.41, 5.74) is 0.628. The molecule has 1 heterocycles. The van der Waals surface area contributed by atoms with Gasteiger partial charge in [-0.3, -0.25) is 0 Å². The summed E-state index contributed by atoms with van der Waals surface area (Å²) in [6.07, 6.45) is 2.32. The number of nitrogens with zero attached hydrogens (tertiary/aromatic N) is 2. The van der Waals surface area contributed by atoms with E-state index in [1.165, 1.54) is 16.2 Å². The summed E-state index contributed by atoms with van der Waals surface area (Å²) in [5.74, 6) is 0. The molecule has 1 amide bonds. The van der Waals surface area contributed by atoms with Crippen molar-refractivity contribution < 1.29 is 9.53 Å². The van der Waals surface area contributed by atoms with Gasteiger partial charge in [0.05, 0.1) is 5.69 Å². The number of rotatable bonds is 1. The molecule has 0 aliphatic heterocycles. The molecule has 19 heavy (non-hydrogen) atoms. The molecule has 106 valence electrons. The molecule has 0 aromatic carbocycles. The van der Waals surface area contributed by atoms with E-state index in [9.17, 15) is 4.79 Å². The molecule has 1 atom stereocenters. The first-order valence-electron chi connectivity index (χ1n) is 6.36. The molecule has 0 saturated heterocycles. The van der Waals surface area contributed by atoms with E-state index in [1.54, 1.807) is 11.9 Å². The van der Waals surface area contributed by atoms with Crippen molar-refractivity contribution in [3.8, 4) is 0 Å². The van der Waals surface area contributed by atoms with Gasteiger partial charge in [0.2, 0.25) is 0 Å². The van der Waals surface area contributed by atoms with Crippen LogP contribution in [0.3, 0.4) is 0 Å². The van der Waals surface area contributed by atoms with Gasteiger partial charge < -0.3 is 9.64 Å². The first kappa shape index (κ1) is 14.6. The maximum absolute atomic E-state index is 12.0. The van der Waals surface area contributed by atoms with Crippen molar-refractivity contribution in [1.82, 2.24) is 9.88 Å². The maximum Gasteiger partial charge on any atom is 0.410 e. The first-order valence-corrected chi connectivity index (χ1v) is 7.55. The van der Waals surface area contributed by atoms with Crippen LogP contribution in [-0.4, -0.2) is 34.7 Å². The lowest BCUT2D eigenvalue weighted by molar-refractivity contribution is 0.0210. The van der Waals surface area contributed by atoms with Crippen LogP contribution in [0.15, 0.2) is 0 Å². The lowest BCUT2D eigenvalue weighted by atomic mass is 9.97. The third-order valence-electron chi connectivity index (χ3n) is 3.12. The Labute approximate surface area is 122 Å². The Morgan fingerprint density at radius 1 is 1.53 bits per heavy atom. The SMILES string of the molecule is CN(C(=O)OC(C)(C)C)C1CCc2nc(Cl)sc2C1. The fourth-order valence-corrected chi connectivity index (χ4v) is 3.42. The molecule has 4 nitrogen and oxygen atoms in total. The van der Waals surface area contributed by atoms with E-state index in [2.05, 4.69) is 4.98 Å². The lowest BCUT2D eigenvalue weighted by Crippen LogP contribution is -2.43. The van der Waals surface area contributed by atoms with Crippen molar-refractivity contribution >= 4 is 29.0 Å². The Bertz CT molecular complexity index is 481. The van der Waals surface area contributed by atoms with Crippen LogP contribution in [0.25, 0.3) is 0 Å². The fourth-order valence-electron chi connectivity index (χ4n) is 2.14. The summed E-state index contributed by atoms with van der Waals surface area (Å²) in [4.78, 5) is 19.2. The van der Waals surface area contributed by atoms with Crippen molar-refractivity contribution in [2.75, 3.05) is 7.05 Å². The molecule has 1 aliphatic rings. The van der Waals surface area contributed by atoms with E-state index in [-0.39, 0.29) is 12.1 Å². The van der Waals surface area contributed by atoms with Gasteiger partial charge in [-0.2, -0.15) is 0 Å². The van der Waals surface area contributed by atoms with Gasteiger partial charge >= 0.3 is 6.09 Å². The highest BCUT2D eigenvalue weighted by molar-refractivity contribution is 7.15. The monoisotopic (exact) mass is 302 g/mol. The maximum atomic E-state index is 12.0. The number of carbonyl (C=O) groups excluding carboxylic acids is 1. The molecule has 0 spiro atoms. The smallest absolute Gasteiger partial charge is 0.410 e. The number of aryl methyl sites for hydroxylation is 1. The molecule has 1 unspecified atom stereocenters. The first-order chi connectivity index (χ1) is 8.76. The number of fused-ring (bicyclic) bond motifs is 1. The van der Waals surface area contributed by atoms with Gasteiger partial charge in [-0.05, 0) is 33.6 Å². The lowest BCUT2D eigenvalue weighted by Gasteiger charge is -2.32. The number of amides is 1. The Balaban J connectivity index is 2.02. The predicted molar refractivity (Wildman–Crippen MR) is 76.9 cm³/mol. The second-order valence-corrected chi connectivity index (χ2v) is 7.49. The van der Waals surface area contributed by atoms with Crippen molar-refractivity contribution in [2.45, 2.75) is 51.7 Å². The molecular weight excluding hydrogens is 284 g/mol. The van der Waals surface area contributed by atoms with Crippen LogP contribution < -0.4 is 0 Å². The predicted octanol–water partition coefficient (Wildman–Crippen LogP) is 3.52. The number of ether oxygens (including phenoxy) is 1. The molecule has 1 aromatic heterocycles. The topological polar surface area (TPSA) is 42.4 Å². The Hall–Kier alpha value is -0.810. The summed E-state index contributed by atoms with van der Waals surface area (Å²) in [7, 11) is 1.80. The molecule has 1 aliphatic carbocycles. The molecule has 1 aromatic rings. The molecule has 6 heteroatoms. The Morgan fingerprint density at radius 2 is 2.21 bits per heavy atom. The van der Waals surface area contributed by atoms with Gasteiger partial charge in [-0.15, -0.1) is 11.3 Å². The van der Waals surface area contributed by atoms with Crippen LogP contribution in [-0.2, 0) is 17.6 Å². The van der Waals surface area contributed by atoms with E-state index in [0.717, 1.165) is 25.0 Å². The quantitative estimate of drug-likeness (QED) is 0.797. The van der Waals surface area contributed by atoms with Crippen LogP contribution in [0, 0.1) is 0 Å². The number of thiazole rings is 1. The second-order valence-electron chi connectivity index (χ2n) is 5.82. The van der Waals surface area contributed by atoms with E-state index in [4.69, 9.17) is 16.3 Å². The van der Waals surface area contributed by atoms with Gasteiger partial charge in [0.25, 0.3) is 0 Å². The van der Waals surface area contributed by atoms with Crippen LogP contribution in [0.5, 0.6) is 0 Å². The third-order valence-corrected chi connectivity index (χ3v) is 4.34. The van der Waals surface area contributed by atoms with Gasteiger partial charge in [0.15, 0.2) is 4.47 Å². The van der Waals surface area contributed by atoms with E-state index in [1.807, 2.05) is 20.8 Å². The highest BCUT2D eigenvalue weighted by Gasteiger charge is 2.29. The molecule has 0 fully saturated rings. The van der Waals surface area contributed by atoms with Crippen LogP contribution >= 0.6 is 22.9 Å². The summed E-state index contributed by atoms with van der Waals surface area (Å²) in [5, 5.41) is 0. The highest BCUT2D eigenvalue weighted by atomic mass is 35.5. The van der Waals surface area contributed by atoms with Gasteiger partial charge in [-0.1, -0.05) is 11.6 Å². The number of aromatic nitrogens is 1. The molecule has 0 bridgehead atoms. The molecule has 0 N–H and O–H groups in total. The van der Waals surface area contributed by atoms with E-state index < -0.39 is 5.60 Å². The minimum atomic E-state index is -0.459.